The molecule has 4 aromatic heterocycles. The predicted molar refractivity (Wildman–Crippen MR) is 214 cm³/mol. The molecule has 53 heavy (non-hydrogen) atoms. The Morgan fingerprint density at radius 1 is 0.396 bits per heavy atom. The van der Waals surface area contributed by atoms with Gasteiger partial charge in [0.2, 0.25) is 5.71 Å². The number of rotatable bonds is 4. The number of aromatic nitrogens is 5. The highest BCUT2D eigenvalue weighted by atomic mass is 16.3. The molecule has 0 amide bonds. The summed E-state index contributed by atoms with van der Waals surface area (Å²) in [7, 11) is 0. The van der Waals surface area contributed by atoms with Crippen LogP contribution >= 0.6 is 0 Å². The Balaban J connectivity index is 1.09. The summed E-state index contributed by atoms with van der Waals surface area (Å²) in [6.45, 7) is 0. The van der Waals surface area contributed by atoms with E-state index in [2.05, 4.69) is 120 Å². The van der Waals surface area contributed by atoms with Crippen LogP contribution in [-0.4, -0.2) is 24.9 Å². The van der Waals surface area contributed by atoms with Gasteiger partial charge >= 0.3 is 0 Å². The molecule has 0 aliphatic heterocycles. The van der Waals surface area contributed by atoms with E-state index in [4.69, 9.17) is 24.4 Å². The van der Waals surface area contributed by atoms with Crippen molar-refractivity contribution in [2.75, 3.05) is 0 Å². The van der Waals surface area contributed by atoms with Gasteiger partial charge < -0.3 is 4.42 Å². The molecule has 0 radical (unpaired) electrons. The standard InChI is InChI=1S/C47H27N5O/c1-2-11-32-27-33(23-18-28(32)9-1)45-50-44(51-46(52-45)37-15-7-17-40-42(37)38-16-8-26-48-47(38)53-40)31-21-19-30(20-22-31)43-36-14-6-5-13-35(36)41-34-12-4-3-10-29(34)24-25-39(41)49-43/h1-27H. The molecule has 0 saturated heterocycles. The summed E-state index contributed by atoms with van der Waals surface area (Å²) in [6.07, 6.45) is 1.74. The first-order chi connectivity index (χ1) is 26.2. The van der Waals surface area contributed by atoms with Gasteiger partial charge in [0.15, 0.2) is 17.5 Å². The molecule has 4 heterocycles. The van der Waals surface area contributed by atoms with Crippen molar-refractivity contribution in [3.05, 3.63) is 164 Å². The van der Waals surface area contributed by atoms with E-state index in [-0.39, 0.29) is 0 Å². The molecule has 0 bridgehead atoms. The molecule has 6 heteroatoms. The van der Waals surface area contributed by atoms with E-state index in [1.54, 1.807) is 6.20 Å². The first-order valence-corrected chi connectivity index (χ1v) is 17.6. The molecule has 6 nitrogen and oxygen atoms in total. The molecular formula is C47H27N5O. The van der Waals surface area contributed by atoms with Crippen molar-refractivity contribution in [1.29, 1.82) is 0 Å². The summed E-state index contributed by atoms with van der Waals surface area (Å²) >= 11 is 0. The first kappa shape index (κ1) is 29.4. The highest BCUT2D eigenvalue weighted by Gasteiger charge is 2.19. The van der Waals surface area contributed by atoms with Crippen molar-refractivity contribution in [3.8, 4) is 45.4 Å². The fourth-order valence-corrected chi connectivity index (χ4v) is 7.65. The zero-order valence-electron chi connectivity index (χ0n) is 28.2. The van der Waals surface area contributed by atoms with Crippen molar-refractivity contribution >= 4 is 65.3 Å². The SMILES string of the molecule is c1ccc2cc(-c3nc(-c4ccc(-c5nc6ccc7ccccc7c6c6ccccc56)cc4)nc(-c4cccc5oc6ncccc6c45)n3)ccc2c1. The summed E-state index contributed by atoms with van der Waals surface area (Å²) in [5, 5.41) is 10.0. The van der Waals surface area contributed by atoms with Crippen LogP contribution in [0.2, 0.25) is 0 Å². The monoisotopic (exact) mass is 677 g/mol. The van der Waals surface area contributed by atoms with E-state index in [0.29, 0.717) is 23.2 Å². The van der Waals surface area contributed by atoms with Crippen LogP contribution in [0.4, 0.5) is 0 Å². The minimum atomic E-state index is 0.564. The Kier molecular flexibility index (Phi) is 6.45. The molecule has 11 rings (SSSR count). The van der Waals surface area contributed by atoms with Gasteiger partial charge in [0.05, 0.1) is 11.2 Å². The third-order valence-electron chi connectivity index (χ3n) is 10.2. The van der Waals surface area contributed by atoms with Crippen molar-refractivity contribution in [2.24, 2.45) is 0 Å². The lowest BCUT2D eigenvalue weighted by Crippen LogP contribution is -2.00. The van der Waals surface area contributed by atoms with Gasteiger partial charge in [-0.2, -0.15) is 0 Å². The van der Waals surface area contributed by atoms with E-state index in [1.165, 1.54) is 21.5 Å². The molecule has 11 aromatic rings. The van der Waals surface area contributed by atoms with Crippen LogP contribution in [0.15, 0.2) is 168 Å². The van der Waals surface area contributed by atoms with Crippen LogP contribution in [0.5, 0.6) is 0 Å². The molecule has 0 saturated carbocycles. The number of hydrogen-bond donors (Lipinski definition) is 0. The van der Waals surface area contributed by atoms with Gasteiger partial charge in [-0.1, -0.05) is 127 Å². The van der Waals surface area contributed by atoms with Gasteiger partial charge in [-0.05, 0) is 57.3 Å². The maximum atomic E-state index is 6.14. The second-order valence-corrected chi connectivity index (χ2v) is 13.3. The zero-order chi connectivity index (χ0) is 34.9. The molecule has 0 fully saturated rings. The quantitative estimate of drug-likeness (QED) is 0.173. The molecular weight excluding hydrogens is 651 g/mol. The van der Waals surface area contributed by atoms with E-state index in [0.717, 1.165) is 66.0 Å². The number of fused-ring (bicyclic) bond motifs is 9. The number of pyridine rings is 2. The number of nitrogens with zero attached hydrogens (tertiary/aromatic N) is 5. The average Bonchev–Trinajstić information content (AvgIpc) is 3.62. The van der Waals surface area contributed by atoms with Crippen LogP contribution in [0.3, 0.4) is 0 Å². The summed E-state index contributed by atoms with van der Waals surface area (Å²) in [5.41, 5.74) is 6.89. The fraction of sp³-hybridized carbons (Fsp3) is 0. The highest BCUT2D eigenvalue weighted by molar-refractivity contribution is 6.21. The normalized spacial score (nSPS) is 11.8. The predicted octanol–water partition coefficient (Wildman–Crippen LogP) is 11.8. The van der Waals surface area contributed by atoms with E-state index >= 15 is 0 Å². The van der Waals surface area contributed by atoms with Crippen molar-refractivity contribution in [3.63, 3.8) is 0 Å². The lowest BCUT2D eigenvalue weighted by Gasteiger charge is -2.13. The lowest BCUT2D eigenvalue weighted by molar-refractivity contribution is 0.654. The summed E-state index contributed by atoms with van der Waals surface area (Å²) in [5.74, 6) is 1.74. The zero-order valence-corrected chi connectivity index (χ0v) is 28.2. The van der Waals surface area contributed by atoms with Crippen LogP contribution in [-0.2, 0) is 0 Å². The third-order valence-corrected chi connectivity index (χ3v) is 10.2. The molecule has 0 N–H and O–H groups in total. The van der Waals surface area contributed by atoms with Crippen molar-refractivity contribution in [2.45, 2.75) is 0 Å². The Morgan fingerprint density at radius 3 is 1.92 bits per heavy atom. The first-order valence-electron chi connectivity index (χ1n) is 17.6. The van der Waals surface area contributed by atoms with E-state index in [1.807, 2.05) is 42.5 Å². The fourth-order valence-electron chi connectivity index (χ4n) is 7.65. The minimum absolute atomic E-state index is 0.564. The Labute approximate surface area is 303 Å². The second-order valence-electron chi connectivity index (χ2n) is 13.3. The van der Waals surface area contributed by atoms with Crippen LogP contribution in [0, 0.1) is 0 Å². The molecule has 246 valence electrons. The van der Waals surface area contributed by atoms with E-state index < -0.39 is 0 Å². The molecule has 0 aliphatic carbocycles. The third kappa shape index (κ3) is 4.77. The molecule has 7 aromatic carbocycles. The van der Waals surface area contributed by atoms with Gasteiger partial charge in [-0.15, -0.1) is 0 Å². The van der Waals surface area contributed by atoms with Crippen LogP contribution < -0.4 is 0 Å². The number of benzene rings is 7. The topological polar surface area (TPSA) is 77.6 Å². The van der Waals surface area contributed by atoms with Crippen molar-refractivity contribution < 1.29 is 4.42 Å². The Bertz CT molecular complexity index is 3240. The van der Waals surface area contributed by atoms with Crippen molar-refractivity contribution in [1.82, 2.24) is 24.9 Å². The van der Waals surface area contributed by atoms with Gasteiger partial charge in [0.25, 0.3) is 0 Å². The smallest absolute Gasteiger partial charge is 0.227 e. The average molecular weight is 678 g/mol. The van der Waals surface area contributed by atoms with Gasteiger partial charge in [-0.25, -0.2) is 24.9 Å². The van der Waals surface area contributed by atoms with Gasteiger partial charge in [0, 0.05) is 50.0 Å². The van der Waals surface area contributed by atoms with Gasteiger partial charge in [-0.3, -0.25) is 0 Å². The number of furan rings is 1. The summed E-state index contributed by atoms with van der Waals surface area (Å²) in [6, 6.07) is 54.3. The van der Waals surface area contributed by atoms with Gasteiger partial charge in [0.1, 0.15) is 5.58 Å². The Morgan fingerprint density at radius 2 is 1.06 bits per heavy atom. The van der Waals surface area contributed by atoms with Crippen LogP contribution in [0.25, 0.3) is 111 Å². The molecule has 0 atom stereocenters. The largest absolute Gasteiger partial charge is 0.438 e. The van der Waals surface area contributed by atoms with E-state index in [9.17, 15) is 0 Å². The Hall–Kier alpha value is -7.31. The van der Waals surface area contributed by atoms with Crippen LogP contribution in [0.1, 0.15) is 0 Å². The lowest BCUT2D eigenvalue weighted by atomic mass is 9.96. The summed E-state index contributed by atoms with van der Waals surface area (Å²) in [4.78, 5) is 25.0. The number of hydrogen-bond acceptors (Lipinski definition) is 6. The second kappa shape index (κ2) is 11.6. The minimum Gasteiger partial charge on any atom is -0.438 e. The maximum absolute atomic E-state index is 6.14. The maximum Gasteiger partial charge on any atom is 0.227 e. The molecule has 0 spiro atoms. The molecule has 0 aliphatic rings. The highest BCUT2D eigenvalue weighted by Crippen LogP contribution is 2.38. The summed E-state index contributed by atoms with van der Waals surface area (Å²) < 4.78 is 6.14. The molecule has 0 unspecified atom stereocenters.